The van der Waals surface area contributed by atoms with Crippen LogP contribution in [0.25, 0.3) is 0 Å². The van der Waals surface area contributed by atoms with Gasteiger partial charge in [0.2, 0.25) is 10.0 Å². The van der Waals surface area contributed by atoms with Gasteiger partial charge in [-0.3, -0.25) is 9.89 Å². The number of hydrogen-bond acceptors (Lipinski definition) is 6. The number of aromatic amines is 1. The minimum absolute atomic E-state index is 0.0205. The average molecular weight is 276 g/mol. The summed E-state index contributed by atoms with van der Waals surface area (Å²) in [6.07, 6.45) is 1.65. The molecule has 0 fully saturated rings. The summed E-state index contributed by atoms with van der Waals surface area (Å²) >= 11 is 0. The number of aromatic nitrogens is 2. The van der Waals surface area contributed by atoms with Crippen LogP contribution in [-0.4, -0.2) is 37.7 Å². The summed E-state index contributed by atoms with van der Waals surface area (Å²) in [4.78, 5) is 10.9. The van der Waals surface area contributed by atoms with Gasteiger partial charge in [0.1, 0.15) is 10.7 Å². The molecule has 1 heterocycles. The van der Waals surface area contributed by atoms with Crippen molar-refractivity contribution in [3.05, 3.63) is 6.20 Å². The van der Waals surface area contributed by atoms with Gasteiger partial charge in [-0.2, -0.15) is 5.10 Å². The fourth-order valence-electron chi connectivity index (χ4n) is 1.25. The molecule has 0 unspecified atom stereocenters. The first-order chi connectivity index (χ1) is 8.47. The second-order valence-corrected chi connectivity index (χ2v) is 5.19. The summed E-state index contributed by atoms with van der Waals surface area (Å²) in [5.74, 6) is -0.368. The quantitative estimate of drug-likeness (QED) is 0.460. The maximum Gasteiger partial charge on any atom is 0.305 e. The molecule has 0 atom stereocenters. The maximum atomic E-state index is 11.7. The van der Waals surface area contributed by atoms with Crippen LogP contribution in [0, 0.1) is 0 Å². The van der Waals surface area contributed by atoms with Gasteiger partial charge in [-0.05, 0) is 13.3 Å². The van der Waals surface area contributed by atoms with E-state index in [1.165, 1.54) is 0 Å². The lowest BCUT2D eigenvalue weighted by atomic mass is 10.3. The summed E-state index contributed by atoms with van der Waals surface area (Å²) in [6.45, 7) is 2.16. The van der Waals surface area contributed by atoms with Crippen molar-refractivity contribution in [3.8, 4) is 0 Å². The third-order valence-electron chi connectivity index (χ3n) is 2.08. The Morgan fingerprint density at radius 3 is 2.89 bits per heavy atom. The standard InChI is InChI=1S/C9H16N4O4S/c1-2-17-8(14)4-3-5-12-18(15,16)7-6-11-13-9(7)10/h6,12H,2-5H2,1H3,(H3,10,11,13). The van der Waals surface area contributed by atoms with E-state index in [1.54, 1.807) is 6.92 Å². The molecule has 0 amide bonds. The Kier molecular flexibility index (Phi) is 5.10. The van der Waals surface area contributed by atoms with E-state index in [-0.39, 0.29) is 29.6 Å². The highest BCUT2D eigenvalue weighted by Crippen LogP contribution is 2.13. The normalized spacial score (nSPS) is 11.4. The number of H-pyrrole nitrogens is 1. The van der Waals surface area contributed by atoms with Crippen LogP contribution in [0.15, 0.2) is 11.1 Å². The molecule has 0 bridgehead atoms. The Labute approximate surface area is 105 Å². The molecule has 1 rings (SSSR count). The monoisotopic (exact) mass is 276 g/mol. The van der Waals surface area contributed by atoms with Crippen LogP contribution in [0.3, 0.4) is 0 Å². The van der Waals surface area contributed by atoms with Gasteiger partial charge in [0.15, 0.2) is 0 Å². The Hall–Kier alpha value is -1.61. The van der Waals surface area contributed by atoms with Crippen LogP contribution in [0.2, 0.25) is 0 Å². The largest absolute Gasteiger partial charge is 0.466 e. The van der Waals surface area contributed by atoms with Gasteiger partial charge < -0.3 is 10.5 Å². The van der Waals surface area contributed by atoms with Gasteiger partial charge in [0.05, 0.1) is 12.8 Å². The third-order valence-corrected chi connectivity index (χ3v) is 3.57. The molecule has 0 aliphatic rings. The number of carbonyl (C=O) groups excluding carboxylic acids is 1. The van der Waals surface area contributed by atoms with Crippen LogP contribution in [0.1, 0.15) is 19.8 Å². The molecule has 0 spiro atoms. The van der Waals surface area contributed by atoms with E-state index in [2.05, 4.69) is 14.9 Å². The Bertz CT molecular complexity index is 496. The molecular formula is C9H16N4O4S. The van der Waals surface area contributed by atoms with Crippen molar-refractivity contribution in [3.63, 3.8) is 0 Å². The fraction of sp³-hybridized carbons (Fsp3) is 0.556. The first-order valence-corrected chi connectivity index (χ1v) is 6.90. The van der Waals surface area contributed by atoms with Crippen LogP contribution in [0.5, 0.6) is 0 Å². The molecule has 0 saturated heterocycles. The lowest BCUT2D eigenvalue weighted by Crippen LogP contribution is -2.25. The summed E-state index contributed by atoms with van der Waals surface area (Å²) in [7, 11) is -3.68. The van der Waals surface area contributed by atoms with Gasteiger partial charge in [-0.1, -0.05) is 0 Å². The highest BCUT2D eigenvalue weighted by atomic mass is 32.2. The predicted molar refractivity (Wildman–Crippen MR) is 64.1 cm³/mol. The summed E-state index contributed by atoms with van der Waals surface area (Å²) < 4.78 is 30.5. The second-order valence-electron chi connectivity index (χ2n) is 3.45. The van der Waals surface area contributed by atoms with E-state index < -0.39 is 10.0 Å². The molecule has 0 aliphatic carbocycles. The molecule has 0 saturated carbocycles. The zero-order valence-corrected chi connectivity index (χ0v) is 10.8. The van der Waals surface area contributed by atoms with Gasteiger partial charge in [0.25, 0.3) is 0 Å². The lowest BCUT2D eigenvalue weighted by Gasteiger charge is -2.05. The molecule has 102 valence electrons. The van der Waals surface area contributed by atoms with Gasteiger partial charge >= 0.3 is 5.97 Å². The fourth-order valence-corrected chi connectivity index (χ4v) is 2.34. The number of anilines is 1. The van der Waals surface area contributed by atoms with E-state index >= 15 is 0 Å². The molecule has 9 heteroatoms. The summed E-state index contributed by atoms with van der Waals surface area (Å²) in [5, 5.41) is 5.86. The van der Waals surface area contributed by atoms with E-state index in [1.807, 2.05) is 0 Å². The third kappa shape index (κ3) is 4.00. The zero-order chi connectivity index (χ0) is 13.6. The van der Waals surface area contributed by atoms with Gasteiger partial charge in [-0.25, -0.2) is 13.1 Å². The van der Waals surface area contributed by atoms with Crippen molar-refractivity contribution in [2.75, 3.05) is 18.9 Å². The number of ether oxygens (including phenoxy) is 1. The van der Waals surface area contributed by atoms with Crippen LogP contribution >= 0.6 is 0 Å². The number of sulfonamides is 1. The Morgan fingerprint density at radius 2 is 2.33 bits per heavy atom. The topological polar surface area (TPSA) is 127 Å². The van der Waals surface area contributed by atoms with Gasteiger partial charge in [0, 0.05) is 13.0 Å². The van der Waals surface area contributed by atoms with E-state index in [9.17, 15) is 13.2 Å². The Balaban J connectivity index is 2.40. The van der Waals surface area contributed by atoms with Crippen LogP contribution < -0.4 is 10.5 Å². The predicted octanol–water partition coefficient (Wildman–Crippen LogP) is -0.386. The van der Waals surface area contributed by atoms with Crippen molar-refractivity contribution < 1.29 is 17.9 Å². The molecule has 18 heavy (non-hydrogen) atoms. The maximum absolute atomic E-state index is 11.7. The highest BCUT2D eigenvalue weighted by molar-refractivity contribution is 7.89. The molecule has 1 aromatic rings. The van der Waals surface area contributed by atoms with E-state index in [0.29, 0.717) is 13.0 Å². The van der Waals surface area contributed by atoms with Crippen molar-refractivity contribution in [2.24, 2.45) is 0 Å². The number of nitrogen functional groups attached to an aromatic ring is 1. The molecular weight excluding hydrogens is 260 g/mol. The minimum atomic E-state index is -3.68. The average Bonchev–Trinajstić information content (AvgIpc) is 2.72. The van der Waals surface area contributed by atoms with E-state index in [0.717, 1.165) is 6.20 Å². The molecule has 1 aromatic heterocycles. The SMILES string of the molecule is CCOC(=O)CCCNS(=O)(=O)c1cn[nH]c1N. The van der Waals surface area contributed by atoms with Crippen molar-refractivity contribution in [1.82, 2.24) is 14.9 Å². The smallest absolute Gasteiger partial charge is 0.305 e. The number of nitrogens with zero attached hydrogens (tertiary/aromatic N) is 1. The summed E-state index contributed by atoms with van der Waals surface area (Å²) in [5.41, 5.74) is 5.41. The number of hydrogen-bond donors (Lipinski definition) is 3. The number of carbonyl (C=O) groups is 1. The van der Waals surface area contributed by atoms with Gasteiger partial charge in [-0.15, -0.1) is 0 Å². The molecule has 0 aromatic carbocycles. The van der Waals surface area contributed by atoms with Crippen molar-refractivity contribution in [1.29, 1.82) is 0 Å². The molecule has 4 N–H and O–H groups in total. The highest BCUT2D eigenvalue weighted by Gasteiger charge is 2.18. The zero-order valence-electron chi connectivity index (χ0n) is 9.97. The van der Waals surface area contributed by atoms with Crippen LogP contribution in [-0.2, 0) is 19.6 Å². The van der Waals surface area contributed by atoms with Crippen molar-refractivity contribution >= 4 is 21.8 Å². The summed E-state index contributed by atoms with van der Waals surface area (Å²) in [6, 6.07) is 0. The molecule has 8 nitrogen and oxygen atoms in total. The lowest BCUT2D eigenvalue weighted by molar-refractivity contribution is -0.143. The first kappa shape index (κ1) is 14.5. The number of rotatable bonds is 7. The molecule has 0 aliphatic heterocycles. The Morgan fingerprint density at radius 1 is 1.61 bits per heavy atom. The van der Waals surface area contributed by atoms with Crippen LogP contribution in [0.4, 0.5) is 5.82 Å². The first-order valence-electron chi connectivity index (χ1n) is 5.41. The minimum Gasteiger partial charge on any atom is -0.466 e. The van der Waals surface area contributed by atoms with Crippen molar-refractivity contribution in [2.45, 2.75) is 24.7 Å². The second kappa shape index (κ2) is 6.36. The van der Waals surface area contributed by atoms with E-state index in [4.69, 9.17) is 10.5 Å². The molecule has 0 radical (unpaired) electrons. The number of esters is 1. The number of nitrogens with two attached hydrogens (primary N) is 1. The number of nitrogens with one attached hydrogen (secondary N) is 2.